The van der Waals surface area contributed by atoms with Crippen molar-refractivity contribution in [3.63, 3.8) is 0 Å². The molecule has 1 saturated heterocycles. The van der Waals surface area contributed by atoms with E-state index in [0.717, 1.165) is 54.0 Å². The van der Waals surface area contributed by atoms with Gasteiger partial charge in [0, 0.05) is 55.0 Å². The van der Waals surface area contributed by atoms with Crippen LogP contribution in [0.15, 0.2) is 30.3 Å². The van der Waals surface area contributed by atoms with Gasteiger partial charge in [-0.05, 0) is 5.56 Å². The molecule has 0 bridgehead atoms. The van der Waals surface area contributed by atoms with Crippen LogP contribution in [0.4, 0.5) is 0 Å². The molecule has 281 valence electrons. The Kier molecular flexibility index (Phi) is 16.9. The van der Waals surface area contributed by atoms with Crippen LogP contribution in [-0.2, 0) is 87.6 Å². The molecule has 1 aromatic carbocycles. The van der Waals surface area contributed by atoms with Gasteiger partial charge in [-0.2, -0.15) is 0 Å². The zero-order valence-electron chi connectivity index (χ0n) is 29.1. The highest BCUT2D eigenvalue weighted by Crippen LogP contribution is 2.27. The van der Waals surface area contributed by atoms with Gasteiger partial charge in [0.1, 0.15) is 18.8 Å². The highest BCUT2D eigenvalue weighted by atomic mass is 16.7. The lowest BCUT2D eigenvalue weighted by Crippen LogP contribution is -2.59. The smallest absolute Gasteiger partial charge is 0.303 e. The van der Waals surface area contributed by atoms with Crippen molar-refractivity contribution >= 4 is 47.7 Å². The number of amides is 1. The van der Waals surface area contributed by atoms with Crippen molar-refractivity contribution in [3.05, 3.63) is 42.3 Å². The molecular formula is C33H42NO17. The summed E-state index contributed by atoms with van der Waals surface area (Å²) in [5, 5.41) is 2.45. The number of hydrogen-bond donors (Lipinski definition) is 1. The molecule has 1 amide bonds. The van der Waals surface area contributed by atoms with Gasteiger partial charge in [0.15, 0.2) is 30.7 Å². The number of rotatable bonds is 17. The number of ether oxygens (including phenoxy) is 9. The van der Waals surface area contributed by atoms with Crippen LogP contribution in [0.25, 0.3) is 0 Å². The van der Waals surface area contributed by atoms with Gasteiger partial charge in [-0.15, -0.1) is 0 Å². The first-order valence-corrected chi connectivity index (χ1v) is 15.6. The van der Waals surface area contributed by atoms with E-state index in [1.807, 2.05) is 6.07 Å². The second-order valence-corrected chi connectivity index (χ2v) is 11.1. The van der Waals surface area contributed by atoms with Crippen LogP contribution < -0.4 is 5.32 Å². The summed E-state index contributed by atoms with van der Waals surface area (Å²) in [5.74, 6) is -7.53. The minimum atomic E-state index is -2.09. The van der Waals surface area contributed by atoms with Crippen LogP contribution in [0.3, 0.4) is 0 Å². The summed E-state index contributed by atoms with van der Waals surface area (Å²) < 4.78 is 48.6. The summed E-state index contributed by atoms with van der Waals surface area (Å²) in [4.78, 5) is 98.2. The number of carbonyl (C=O) groups is 8. The lowest BCUT2D eigenvalue weighted by Gasteiger charge is -2.40. The Morgan fingerprint density at radius 2 is 1.25 bits per heavy atom. The number of hydrogen-bond acceptors (Lipinski definition) is 17. The van der Waals surface area contributed by atoms with Crippen LogP contribution in [0, 0.1) is 6.42 Å². The van der Waals surface area contributed by atoms with Crippen molar-refractivity contribution in [2.45, 2.75) is 104 Å². The predicted molar refractivity (Wildman–Crippen MR) is 167 cm³/mol. The van der Waals surface area contributed by atoms with Crippen molar-refractivity contribution in [1.82, 2.24) is 5.32 Å². The molecule has 2 rings (SSSR count). The van der Waals surface area contributed by atoms with E-state index >= 15 is 0 Å². The number of esters is 7. The van der Waals surface area contributed by atoms with E-state index in [9.17, 15) is 38.4 Å². The van der Waals surface area contributed by atoms with E-state index in [4.69, 9.17) is 42.6 Å². The maximum atomic E-state index is 13.8. The monoisotopic (exact) mass is 724 g/mol. The Morgan fingerprint density at radius 3 is 1.78 bits per heavy atom. The van der Waals surface area contributed by atoms with Crippen molar-refractivity contribution in [2.24, 2.45) is 0 Å². The molecule has 0 saturated carbocycles. The van der Waals surface area contributed by atoms with Crippen LogP contribution in [0.5, 0.6) is 0 Å². The largest absolute Gasteiger partial charge is 0.462 e. The minimum absolute atomic E-state index is 0.0546. The van der Waals surface area contributed by atoms with Crippen LogP contribution in [-0.4, -0.2) is 110 Å². The van der Waals surface area contributed by atoms with Gasteiger partial charge >= 0.3 is 41.8 Å². The van der Waals surface area contributed by atoms with E-state index in [0.29, 0.717) is 0 Å². The fraction of sp³-hybridized carbons (Fsp3) is 0.545. The van der Waals surface area contributed by atoms with Crippen molar-refractivity contribution in [1.29, 1.82) is 0 Å². The fourth-order valence-electron chi connectivity index (χ4n) is 4.81. The number of nitrogens with one attached hydrogen (secondary N) is 1. The molecule has 1 heterocycles. The van der Waals surface area contributed by atoms with Gasteiger partial charge in [0.05, 0.1) is 13.0 Å². The molecule has 8 atom stereocenters. The fourth-order valence-corrected chi connectivity index (χ4v) is 4.81. The summed E-state index contributed by atoms with van der Waals surface area (Å²) in [7, 11) is 0. The lowest BCUT2D eigenvalue weighted by atomic mass is 9.99. The molecule has 1 aromatic rings. The zero-order chi connectivity index (χ0) is 38.2. The quantitative estimate of drug-likeness (QED) is 0.169. The van der Waals surface area contributed by atoms with E-state index in [2.05, 4.69) is 5.32 Å². The van der Waals surface area contributed by atoms with Crippen LogP contribution >= 0.6 is 0 Å². The molecule has 0 unspecified atom stereocenters. The van der Waals surface area contributed by atoms with Gasteiger partial charge in [0.25, 0.3) is 5.91 Å². The maximum Gasteiger partial charge on any atom is 0.303 e. The first-order valence-electron chi connectivity index (χ1n) is 15.6. The maximum absolute atomic E-state index is 13.8. The Labute approximate surface area is 293 Å². The van der Waals surface area contributed by atoms with Crippen molar-refractivity contribution in [3.8, 4) is 0 Å². The zero-order valence-corrected chi connectivity index (χ0v) is 29.1. The normalized spacial score (nSPS) is 20.5. The van der Waals surface area contributed by atoms with Crippen LogP contribution in [0.2, 0.25) is 0 Å². The highest BCUT2D eigenvalue weighted by molar-refractivity contribution is 5.84. The van der Waals surface area contributed by atoms with Crippen LogP contribution in [0.1, 0.15) is 54.0 Å². The summed E-state index contributed by atoms with van der Waals surface area (Å²) in [6, 6.07) is 8.98. The third-order valence-corrected chi connectivity index (χ3v) is 6.60. The molecule has 1 radical (unpaired) electrons. The van der Waals surface area contributed by atoms with Gasteiger partial charge in [-0.3, -0.25) is 38.4 Å². The first-order chi connectivity index (χ1) is 24.0. The SMILES string of the molecule is CC(=O)OC[C@@H](OC(C)=O)[C@@H](OC(C)=O)[C@H](OC(C)=O)[C@@H](OC(C)=O)C(=O)NC[C@H]1O[C@H](OCc2ccccc2)[CH][C@@H](OC(C)=O)[C@@H]1OC(C)=O. The standard InChI is InChI=1S/C33H42NO17/c1-17(35)43-16-27(46-19(3)37)30(48-21(5)39)31(49-22(6)40)32(50-23(7)41)33(42)34-14-26-29(47-20(4)38)25(45-18(2)36)13-28(51-26)44-15-24-11-9-8-10-12-24/h8-13,25-32H,14-16H2,1-7H3,(H,34,42)/t25-,26-,27-,28+,29+,30-,31+,32-/m1/s1. The molecule has 51 heavy (non-hydrogen) atoms. The highest BCUT2D eigenvalue weighted by Gasteiger charge is 2.48. The summed E-state index contributed by atoms with van der Waals surface area (Å²) in [6.45, 7) is 5.91. The summed E-state index contributed by atoms with van der Waals surface area (Å²) in [5.41, 5.74) is 0.773. The Hall–Kier alpha value is -5.10. The third kappa shape index (κ3) is 15.1. The van der Waals surface area contributed by atoms with Gasteiger partial charge in [-0.1, -0.05) is 30.3 Å². The van der Waals surface area contributed by atoms with E-state index in [-0.39, 0.29) is 6.61 Å². The molecular weight excluding hydrogens is 682 g/mol. The lowest BCUT2D eigenvalue weighted by molar-refractivity contribution is -0.236. The Bertz CT molecular complexity index is 1400. The summed E-state index contributed by atoms with van der Waals surface area (Å²) >= 11 is 0. The van der Waals surface area contributed by atoms with E-state index in [1.165, 1.54) is 6.42 Å². The third-order valence-electron chi connectivity index (χ3n) is 6.60. The molecule has 18 heteroatoms. The minimum Gasteiger partial charge on any atom is -0.462 e. The second kappa shape index (κ2) is 20.5. The van der Waals surface area contributed by atoms with Crippen molar-refractivity contribution < 1.29 is 81.0 Å². The van der Waals surface area contributed by atoms with Gasteiger partial charge in [-0.25, -0.2) is 0 Å². The molecule has 1 aliphatic heterocycles. The summed E-state index contributed by atoms with van der Waals surface area (Å²) in [6.07, 6.45) is -11.2. The van der Waals surface area contributed by atoms with Gasteiger partial charge in [0.2, 0.25) is 6.10 Å². The molecule has 0 aliphatic carbocycles. The average Bonchev–Trinajstić information content (AvgIpc) is 3.02. The first kappa shape index (κ1) is 42.1. The second-order valence-electron chi connectivity index (χ2n) is 11.1. The van der Waals surface area contributed by atoms with Crippen molar-refractivity contribution in [2.75, 3.05) is 13.2 Å². The molecule has 0 spiro atoms. The molecule has 1 aliphatic rings. The molecule has 1 N–H and O–H groups in total. The molecule has 1 fully saturated rings. The van der Waals surface area contributed by atoms with Gasteiger partial charge < -0.3 is 47.9 Å². The predicted octanol–water partition coefficient (Wildman–Crippen LogP) is 0.402. The molecule has 0 aromatic heterocycles. The average molecular weight is 725 g/mol. The molecule has 18 nitrogen and oxygen atoms in total. The Balaban J connectivity index is 2.48. The van der Waals surface area contributed by atoms with E-state index < -0.39 is 110 Å². The number of benzene rings is 1. The van der Waals surface area contributed by atoms with E-state index in [1.54, 1.807) is 24.3 Å². The topological polar surface area (TPSA) is 232 Å². The Morgan fingerprint density at radius 1 is 0.686 bits per heavy atom. The number of carbonyl (C=O) groups excluding carboxylic acids is 8.